The van der Waals surface area contributed by atoms with E-state index in [9.17, 15) is 9.90 Å². The van der Waals surface area contributed by atoms with Gasteiger partial charge in [0.05, 0.1) is 6.54 Å². The van der Waals surface area contributed by atoms with Gasteiger partial charge in [-0.1, -0.05) is 37.3 Å². The molecule has 0 saturated carbocycles. The van der Waals surface area contributed by atoms with Gasteiger partial charge in [0, 0.05) is 0 Å². The van der Waals surface area contributed by atoms with Gasteiger partial charge in [0.1, 0.15) is 0 Å². The number of cyclic esters (lactones) is 1. The van der Waals surface area contributed by atoms with E-state index in [2.05, 4.69) is 0 Å². The Bertz CT molecular complexity index is 444. The molecule has 1 amide bonds. The number of carbonyl (C=O) groups excluding carboxylic acids is 1. The van der Waals surface area contributed by atoms with Crippen LogP contribution in [0.15, 0.2) is 30.3 Å². The van der Waals surface area contributed by atoms with Gasteiger partial charge in [-0.3, -0.25) is 4.90 Å². The largest absolute Gasteiger partial charge is 0.438 e. The van der Waals surface area contributed by atoms with E-state index in [-0.39, 0.29) is 0 Å². The van der Waals surface area contributed by atoms with Crippen LogP contribution in [0, 0.1) is 0 Å². The third-order valence-corrected chi connectivity index (χ3v) is 3.92. The summed E-state index contributed by atoms with van der Waals surface area (Å²) >= 11 is 0. The molecule has 1 fully saturated rings. The lowest BCUT2D eigenvalue weighted by Crippen LogP contribution is -2.54. The van der Waals surface area contributed by atoms with E-state index in [4.69, 9.17) is 4.74 Å². The highest BCUT2D eigenvalue weighted by molar-refractivity contribution is 5.72. The highest BCUT2D eigenvalue weighted by Crippen LogP contribution is 2.40. The van der Waals surface area contributed by atoms with Crippen molar-refractivity contribution in [3.8, 4) is 0 Å². The molecule has 18 heavy (non-hydrogen) atoms. The Labute approximate surface area is 107 Å². The average molecular weight is 249 g/mol. The molecule has 1 aliphatic heterocycles. The van der Waals surface area contributed by atoms with E-state index in [0.717, 1.165) is 5.56 Å². The number of carbonyl (C=O) groups is 1. The Hall–Kier alpha value is -1.55. The third kappa shape index (κ3) is 1.86. The SMILES string of the molecule is CC[C@@]1(C)OC(=O)N(Cc2ccccc2)[C@@]1(C)O. The first-order chi connectivity index (χ1) is 8.40. The van der Waals surface area contributed by atoms with Crippen LogP contribution in [0.25, 0.3) is 0 Å². The fourth-order valence-electron chi connectivity index (χ4n) is 2.20. The van der Waals surface area contributed by atoms with Gasteiger partial charge in [-0.25, -0.2) is 4.79 Å². The van der Waals surface area contributed by atoms with E-state index in [0.29, 0.717) is 13.0 Å². The minimum atomic E-state index is -1.30. The van der Waals surface area contributed by atoms with Gasteiger partial charge < -0.3 is 9.84 Å². The summed E-state index contributed by atoms with van der Waals surface area (Å²) in [5.41, 5.74) is -1.19. The molecule has 1 aliphatic rings. The van der Waals surface area contributed by atoms with Crippen molar-refractivity contribution in [2.24, 2.45) is 0 Å². The Morgan fingerprint density at radius 1 is 1.28 bits per heavy atom. The van der Waals surface area contributed by atoms with E-state index >= 15 is 0 Å². The molecule has 4 heteroatoms. The van der Waals surface area contributed by atoms with Crippen LogP contribution in [0.3, 0.4) is 0 Å². The molecule has 2 atom stereocenters. The second kappa shape index (κ2) is 4.28. The van der Waals surface area contributed by atoms with E-state index in [1.807, 2.05) is 37.3 Å². The topological polar surface area (TPSA) is 49.8 Å². The number of hydrogen-bond acceptors (Lipinski definition) is 3. The average Bonchev–Trinajstić information content (AvgIpc) is 2.51. The van der Waals surface area contributed by atoms with Gasteiger partial charge >= 0.3 is 6.09 Å². The van der Waals surface area contributed by atoms with Crippen molar-refractivity contribution in [2.75, 3.05) is 0 Å². The molecular formula is C14H19NO3. The predicted octanol–water partition coefficient (Wildman–Crippen LogP) is 2.52. The maximum atomic E-state index is 11.9. The molecule has 0 aliphatic carbocycles. The van der Waals surface area contributed by atoms with E-state index in [1.54, 1.807) is 13.8 Å². The Morgan fingerprint density at radius 2 is 1.89 bits per heavy atom. The van der Waals surface area contributed by atoms with Crippen molar-refractivity contribution < 1.29 is 14.6 Å². The van der Waals surface area contributed by atoms with Crippen molar-refractivity contribution in [1.82, 2.24) is 4.90 Å². The summed E-state index contributed by atoms with van der Waals surface area (Å²) < 4.78 is 5.34. The summed E-state index contributed by atoms with van der Waals surface area (Å²) in [6, 6.07) is 9.57. The quantitative estimate of drug-likeness (QED) is 0.895. The monoisotopic (exact) mass is 249 g/mol. The second-order valence-corrected chi connectivity index (χ2v) is 5.04. The molecule has 0 unspecified atom stereocenters. The Balaban J connectivity index is 2.26. The number of nitrogens with zero attached hydrogens (tertiary/aromatic N) is 1. The molecule has 1 heterocycles. The lowest BCUT2D eigenvalue weighted by molar-refractivity contribution is -0.139. The second-order valence-electron chi connectivity index (χ2n) is 5.04. The van der Waals surface area contributed by atoms with Crippen LogP contribution in [-0.2, 0) is 11.3 Å². The summed E-state index contributed by atoms with van der Waals surface area (Å²) in [4.78, 5) is 13.3. The first-order valence-electron chi connectivity index (χ1n) is 6.17. The fraction of sp³-hybridized carbons (Fsp3) is 0.500. The van der Waals surface area contributed by atoms with Crippen LogP contribution in [0.5, 0.6) is 0 Å². The van der Waals surface area contributed by atoms with Crippen molar-refractivity contribution in [3.63, 3.8) is 0 Å². The first kappa shape index (κ1) is 12.9. The molecule has 0 radical (unpaired) electrons. The molecule has 0 aromatic heterocycles. The van der Waals surface area contributed by atoms with Gasteiger partial charge in [-0.05, 0) is 25.8 Å². The number of rotatable bonds is 3. The molecule has 1 saturated heterocycles. The van der Waals surface area contributed by atoms with Gasteiger partial charge in [0.15, 0.2) is 11.3 Å². The first-order valence-corrected chi connectivity index (χ1v) is 6.17. The third-order valence-electron chi connectivity index (χ3n) is 3.92. The van der Waals surface area contributed by atoms with Gasteiger partial charge in [0.25, 0.3) is 0 Å². The summed E-state index contributed by atoms with van der Waals surface area (Å²) in [5, 5.41) is 10.6. The molecule has 1 N–H and O–H groups in total. The lowest BCUT2D eigenvalue weighted by Gasteiger charge is -2.36. The summed E-state index contributed by atoms with van der Waals surface area (Å²) in [5.74, 6) is 0. The minimum absolute atomic E-state index is 0.349. The maximum absolute atomic E-state index is 11.9. The fourth-order valence-corrected chi connectivity index (χ4v) is 2.20. The van der Waals surface area contributed by atoms with Crippen molar-refractivity contribution in [3.05, 3.63) is 35.9 Å². The zero-order valence-electron chi connectivity index (χ0n) is 11.0. The van der Waals surface area contributed by atoms with Crippen molar-refractivity contribution in [2.45, 2.75) is 45.1 Å². The molecule has 0 spiro atoms. The van der Waals surface area contributed by atoms with Gasteiger partial charge in [0.2, 0.25) is 0 Å². The van der Waals surface area contributed by atoms with Crippen LogP contribution in [0.1, 0.15) is 32.8 Å². The number of ether oxygens (including phenoxy) is 1. The van der Waals surface area contributed by atoms with Crippen LogP contribution in [0.4, 0.5) is 4.79 Å². The molecule has 4 nitrogen and oxygen atoms in total. The smallest absolute Gasteiger partial charge is 0.413 e. The normalized spacial score (nSPS) is 31.6. The Kier molecular flexibility index (Phi) is 3.07. The number of hydrogen-bond donors (Lipinski definition) is 1. The van der Waals surface area contributed by atoms with Crippen molar-refractivity contribution >= 4 is 6.09 Å². The van der Waals surface area contributed by atoms with Gasteiger partial charge in [-0.2, -0.15) is 0 Å². The van der Waals surface area contributed by atoms with Crippen molar-refractivity contribution in [1.29, 1.82) is 0 Å². The van der Waals surface area contributed by atoms with E-state index < -0.39 is 17.4 Å². The minimum Gasteiger partial charge on any atom is -0.438 e. The summed E-state index contributed by atoms with van der Waals surface area (Å²) in [6.07, 6.45) is 0.102. The zero-order chi connectivity index (χ0) is 13.4. The molecule has 1 aromatic rings. The van der Waals surface area contributed by atoms with E-state index in [1.165, 1.54) is 4.90 Å². The number of benzene rings is 1. The summed E-state index contributed by atoms with van der Waals surface area (Å²) in [6.45, 7) is 5.64. The van der Waals surface area contributed by atoms with Crippen LogP contribution < -0.4 is 0 Å². The molecule has 1 aromatic carbocycles. The predicted molar refractivity (Wildman–Crippen MR) is 67.8 cm³/mol. The summed E-state index contributed by atoms with van der Waals surface area (Å²) in [7, 11) is 0. The van der Waals surface area contributed by atoms with Gasteiger partial charge in [-0.15, -0.1) is 0 Å². The van der Waals surface area contributed by atoms with Crippen LogP contribution in [0.2, 0.25) is 0 Å². The van der Waals surface area contributed by atoms with Crippen LogP contribution >= 0.6 is 0 Å². The standard InChI is InChI=1S/C14H19NO3/c1-4-13(2)14(3,17)15(12(16)18-13)10-11-8-6-5-7-9-11/h5-9,17H,4,10H2,1-3H3/t13-,14+/m1/s1. The van der Waals surface area contributed by atoms with Crippen LogP contribution in [-0.4, -0.2) is 27.4 Å². The molecule has 2 rings (SSSR count). The molecular weight excluding hydrogens is 230 g/mol. The lowest BCUT2D eigenvalue weighted by atomic mass is 9.90. The highest BCUT2D eigenvalue weighted by Gasteiger charge is 2.58. The number of amides is 1. The Morgan fingerprint density at radius 3 is 2.39 bits per heavy atom. The molecule has 98 valence electrons. The maximum Gasteiger partial charge on any atom is 0.413 e. The zero-order valence-corrected chi connectivity index (χ0v) is 11.0. The highest BCUT2D eigenvalue weighted by atomic mass is 16.6. The number of aliphatic hydroxyl groups is 1. The molecule has 0 bridgehead atoms.